The predicted molar refractivity (Wildman–Crippen MR) is 78.2 cm³/mol. The van der Waals surface area contributed by atoms with Crippen molar-refractivity contribution in [3.8, 4) is 6.07 Å². The second-order valence-corrected chi connectivity index (χ2v) is 7.00. The van der Waals surface area contributed by atoms with Gasteiger partial charge in [-0.2, -0.15) is 5.26 Å². The van der Waals surface area contributed by atoms with Crippen LogP contribution in [0.4, 0.5) is 5.13 Å². The number of aromatic nitrogens is 1. The van der Waals surface area contributed by atoms with Gasteiger partial charge in [-0.1, -0.05) is 6.92 Å². The van der Waals surface area contributed by atoms with Crippen molar-refractivity contribution >= 4 is 26.5 Å². The molecule has 0 aliphatic rings. The monoisotopic (exact) mass is 307 g/mol. The highest BCUT2D eigenvalue weighted by Crippen LogP contribution is 2.25. The summed E-state index contributed by atoms with van der Waals surface area (Å²) in [6.07, 6.45) is 0.765. The molecule has 0 fully saturated rings. The van der Waals surface area contributed by atoms with Crippen molar-refractivity contribution < 1.29 is 8.42 Å². The van der Waals surface area contributed by atoms with Crippen LogP contribution >= 0.6 is 11.3 Å². The Hall–Kier alpha value is -1.91. The number of thiazole rings is 1. The summed E-state index contributed by atoms with van der Waals surface area (Å²) in [5.74, 6) is 0. The van der Waals surface area contributed by atoms with Crippen molar-refractivity contribution in [2.75, 3.05) is 4.72 Å². The first kappa shape index (κ1) is 14.5. The predicted octanol–water partition coefficient (Wildman–Crippen LogP) is 2.69. The maximum absolute atomic E-state index is 12.2. The minimum Gasteiger partial charge on any atom is -0.255 e. The van der Waals surface area contributed by atoms with Gasteiger partial charge < -0.3 is 0 Å². The number of anilines is 1. The molecule has 1 heterocycles. The number of hydrogen-bond acceptors (Lipinski definition) is 5. The second kappa shape index (κ2) is 5.61. The van der Waals surface area contributed by atoms with Crippen LogP contribution in [-0.2, 0) is 16.4 Å². The fraction of sp³-hybridized carbons (Fsp3) is 0.231. The Balaban J connectivity index is 2.28. The van der Waals surface area contributed by atoms with E-state index >= 15 is 0 Å². The molecule has 0 radical (unpaired) electrons. The number of nitrogens with one attached hydrogen (secondary N) is 1. The maximum Gasteiger partial charge on any atom is 0.263 e. The third-order valence-corrected chi connectivity index (χ3v) is 5.16. The van der Waals surface area contributed by atoms with Gasteiger partial charge in [0.1, 0.15) is 0 Å². The van der Waals surface area contributed by atoms with Gasteiger partial charge in [-0.15, -0.1) is 11.3 Å². The van der Waals surface area contributed by atoms with E-state index in [1.54, 1.807) is 0 Å². The summed E-state index contributed by atoms with van der Waals surface area (Å²) >= 11 is 1.31. The van der Waals surface area contributed by atoms with Gasteiger partial charge in [0.05, 0.1) is 22.2 Å². The average molecular weight is 307 g/mol. The van der Waals surface area contributed by atoms with E-state index in [1.165, 1.54) is 35.6 Å². The highest BCUT2D eigenvalue weighted by atomic mass is 32.2. The summed E-state index contributed by atoms with van der Waals surface area (Å²) in [6.45, 7) is 3.89. The van der Waals surface area contributed by atoms with Crippen LogP contribution in [0.2, 0.25) is 0 Å². The van der Waals surface area contributed by atoms with Gasteiger partial charge in [0.2, 0.25) is 0 Å². The molecular weight excluding hydrogens is 294 g/mol. The van der Waals surface area contributed by atoms with Crippen LogP contribution in [0, 0.1) is 18.3 Å². The van der Waals surface area contributed by atoms with Gasteiger partial charge in [0.15, 0.2) is 5.13 Å². The number of hydrogen-bond donors (Lipinski definition) is 1. The Morgan fingerprint density at radius 2 is 2.00 bits per heavy atom. The average Bonchev–Trinajstić information content (AvgIpc) is 2.78. The first-order chi connectivity index (χ1) is 9.46. The van der Waals surface area contributed by atoms with Crippen molar-refractivity contribution in [1.82, 2.24) is 4.98 Å². The van der Waals surface area contributed by atoms with Gasteiger partial charge in [-0.25, -0.2) is 13.4 Å². The first-order valence-electron chi connectivity index (χ1n) is 5.95. The molecule has 1 aromatic heterocycles. The summed E-state index contributed by atoms with van der Waals surface area (Å²) in [5.41, 5.74) is 1.31. The third kappa shape index (κ3) is 2.98. The molecule has 0 aliphatic heterocycles. The van der Waals surface area contributed by atoms with Crippen LogP contribution in [0.5, 0.6) is 0 Å². The van der Waals surface area contributed by atoms with Crippen molar-refractivity contribution in [2.45, 2.75) is 25.2 Å². The molecule has 0 saturated carbocycles. The molecule has 0 unspecified atom stereocenters. The quantitative estimate of drug-likeness (QED) is 0.941. The first-order valence-corrected chi connectivity index (χ1v) is 8.25. The molecule has 0 saturated heterocycles. The molecule has 1 N–H and O–H groups in total. The van der Waals surface area contributed by atoms with E-state index in [1.807, 2.05) is 19.9 Å². The molecule has 0 amide bonds. The Labute approximate surface area is 122 Å². The zero-order valence-corrected chi connectivity index (χ0v) is 12.7. The number of nitriles is 1. The molecule has 0 atom stereocenters. The summed E-state index contributed by atoms with van der Waals surface area (Å²) < 4.78 is 26.8. The van der Waals surface area contributed by atoms with Gasteiger partial charge >= 0.3 is 0 Å². The van der Waals surface area contributed by atoms with Crippen LogP contribution in [0.15, 0.2) is 29.2 Å². The van der Waals surface area contributed by atoms with Crippen LogP contribution in [0.3, 0.4) is 0 Å². The SMILES string of the molecule is CCc1nc(NS(=O)(=O)c2ccc(C#N)cc2)sc1C. The van der Waals surface area contributed by atoms with E-state index in [4.69, 9.17) is 5.26 Å². The Morgan fingerprint density at radius 1 is 1.35 bits per heavy atom. The van der Waals surface area contributed by atoms with Gasteiger partial charge in [-0.3, -0.25) is 4.72 Å². The maximum atomic E-state index is 12.2. The minimum absolute atomic E-state index is 0.113. The smallest absolute Gasteiger partial charge is 0.255 e. The molecule has 20 heavy (non-hydrogen) atoms. The van der Waals surface area contributed by atoms with Crippen LogP contribution in [0.1, 0.15) is 23.1 Å². The van der Waals surface area contributed by atoms with E-state index < -0.39 is 10.0 Å². The highest BCUT2D eigenvalue weighted by Gasteiger charge is 2.17. The molecule has 0 bridgehead atoms. The third-order valence-electron chi connectivity index (χ3n) is 2.74. The van der Waals surface area contributed by atoms with E-state index in [0.29, 0.717) is 10.7 Å². The lowest BCUT2D eigenvalue weighted by molar-refractivity contribution is 0.601. The molecule has 5 nitrogen and oxygen atoms in total. The highest BCUT2D eigenvalue weighted by molar-refractivity contribution is 7.93. The Bertz CT molecular complexity index is 756. The molecule has 0 spiro atoms. The number of sulfonamides is 1. The summed E-state index contributed by atoms with van der Waals surface area (Å²) in [7, 11) is -3.66. The minimum atomic E-state index is -3.66. The van der Waals surface area contributed by atoms with Crippen LogP contribution in [-0.4, -0.2) is 13.4 Å². The van der Waals surface area contributed by atoms with E-state index in [2.05, 4.69) is 9.71 Å². The van der Waals surface area contributed by atoms with Crippen molar-refractivity contribution in [1.29, 1.82) is 5.26 Å². The summed E-state index contributed by atoms with van der Waals surface area (Å²) in [6, 6.07) is 7.70. The topological polar surface area (TPSA) is 82.8 Å². The van der Waals surface area contributed by atoms with Crippen LogP contribution in [0.25, 0.3) is 0 Å². The largest absolute Gasteiger partial charge is 0.263 e. The zero-order valence-electron chi connectivity index (χ0n) is 11.0. The normalized spacial score (nSPS) is 11.1. The lowest BCUT2D eigenvalue weighted by Gasteiger charge is -2.04. The van der Waals surface area contributed by atoms with Crippen molar-refractivity contribution in [2.24, 2.45) is 0 Å². The Morgan fingerprint density at radius 3 is 2.50 bits per heavy atom. The number of aryl methyl sites for hydroxylation is 2. The number of rotatable bonds is 4. The summed E-state index contributed by atoms with van der Waals surface area (Å²) in [5, 5.41) is 9.07. The van der Waals surface area contributed by atoms with E-state index in [0.717, 1.165) is 17.0 Å². The molecule has 0 aliphatic carbocycles. The van der Waals surface area contributed by atoms with E-state index in [-0.39, 0.29) is 4.90 Å². The van der Waals surface area contributed by atoms with Crippen LogP contribution < -0.4 is 4.72 Å². The standard InChI is InChI=1S/C13H13N3O2S2/c1-3-12-9(2)19-13(15-12)16-20(17,18)11-6-4-10(8-14)5-7-11/h4-7H,3H2,1-2H3,(H,15,16). The molecule has 7 heteroatoms. The molecule has 1 aromatic carbocycles. The molecule has 2 rings (SSSR count). The number of benzene rings is 1. The summed E-state index contributed by atoms with van der Waals surface area (Å²) in [4.78, 5) is 5.37. The van der Waals surface area contributed by atoms with Crippen molar-refractivity contribution in [3.63, 3.8) is 0 Å². The van der Waals surface area contributed by atoms with Gasteiger partial charge in [0.25, 0.3) is 10.0 Å². The fourth-order valence-corrected chi connectivity index (χ4v) is 3.82. The van der Waals surface area contributed by atoms with Gasteiger partial charge in [0, 0.05) is 4.88 Å². The molecular formula is C13H13N3O2S2. The lowest BCUT2D eigenvalue weighted by Crippen LogP contribution is -2.12. The second-order valence-electron chi connectivity index (χ2n) is 4.12. The van der Waals surface area contributed by atoms with E-state index in [9.17, 15) is 8.42 Å². The number of nitrogens with zero attached hydrogens (tertiary/aromatic N) is 2. The molecule has 2 aromatic rings. The zero-order chi connectivity index (χ0) is 14.8. The Kier molecular flexibility index (Phi) is 4.06. The van der Waals surface area contributed by atoms with Crippen molar-refractivity contribution in [3.05, 3.63) is 40.4 Å². The fourth-order valence-electron chi connectivity index (χ4n) is 1.68. The lowest BCUT2D eigenvalue weighted by atomic mass is 10.2. The van der Waals surface area contributed by atoms with Gasteiger partial charge in [-0.05, 0) is 37.6 Å². The molecule has 104 valence electrons.